The third-order valence-electron chi connectivity index (χ3n) is 7.25. The Kier molecular flexibility index (Phi) is 5.74. The van der Waals surface area contributed by atoms with Crippen LogP contribution in [0.4, 0.5) is 4.79 Å². The van der Waals surface area contributed by atoms with E-state index in [9.17, 15) is 14.7 Å². The van der Waals surface area contributed by atoms with Crippen LogP contribution in [0.15, 0.2) is 18.5 Å². The monoisotopic (exact) mass is 434 g/mol. The molecule has 0 radical (unpaired) electrons. The summed E-state index contributed by atoms with van der Waals surface area (Å²) in [5, 5.41) is 9.67. The molecule has 1 aromatic heterocycles. The van der Waals surface area contributed by atoms with Gasteiger partial charge in [0.25, 0.3) is 5.91 Å². The molecule has 0 saturated carbocycles. The number of hydrogen-bond acceptors (Lipinski definition) is 5. The molecule has 8 nitrogen and oxygen atoms in total. The SMILES string of the molecule is CC(O[Si](C)(C)C(C)(C)C)C(c1ncccn1)N1C(=O)C2(CCCN2C(=O)O)C1C. The molecule has 30 heavy (non-hydrogen) atoms. The van der Waals surface area contributed by atoms with Gasteiger partial charge in [0.2, 0.25) is 0 Å². The summed E-state index contributed by atoms with van der Waals surface area (Å²) in [6.07, 6.45) is 3.22. The summed E-state index contributed by atoms with van der Waals surface area (Å²) in [5.74, 6) is 0.358. The zero-order chi connectivity index (χ0) is 22.5. The number of carbonyl (C=O) groups is 2. The first kappa shape index (κ1) is 22.7. The second-order valence-corrected chi connectivity index (χ2v) is 14.7. The van der Waals surface area contributed by atoms with E-state index in [-0.39, 0.29) is 23.1 Å². The highest BCUT2D eigenvalue weighted by atomic mass is 28.4. The van der Waals surface area contributed by atoms with Gasteiger partial charge in [0, 0.05) is 18.9 Å². The fourth-order valence-electron chi connectivity index (χ4n) is 4.60. The summed E-state index contributed by atoms with van der Waals surface area (Å²) in [6.45, 7) is 15.2. The van der Waals surface area contributed by atoms with E-state index in [1.807, 2.05) is 13.8 Å². The molecule has 1 spiro atoms. The highest BCUT2D eigenvalue weighted by Gasteiger charge is 2.67. The van der Waals surface area contributed by atoms with Crippen LogP contribution in [0, 0.1) is 0 Å². The van der Waals surface area contributed by atoms with E-state index < -0.39 is 26.0 Å². The van der Waals surface area contributed by atoms with Crippen LogP contribution >= 0.6 is 0 Å². The van der Waals surface area contributed by atoms with Crippen molar-refractivity contribution in [3.63, 3.8) is 0 Å². The normalized spacial score (nSPS) is 26.6. The summed E-state index contributed by atoms with van der Waals surface area (Å²) in [5.41, 5.74) is -0.977. The molecule has 2 saturated heterocycles. The highest BCUT2D eigenvalue weighted by Crippen LogP contribution is 2.49. The van der Waals surface area contributed by atoms with Gasteiger partial charge < -0.3 is 14.4 Å². The van der Waals surface area contributed by atoms with Crippen LogP contribution in [-0.4, -0.2) is 69.4 Å². The first-order valence-electron chi connectivity index (χ1n) is 10.6. The predicted molar refractivity (Wildman–Crippen MR) is 116 cm³/mol. The molecule has 2 fully saturated rings. The third-order valence-corrected chi connectivity index (χ3v) is 11.8. The summed E-state index contributed by atoms with van der Waals surface area (Å²) >= 11 is 0. The van der Waals surface area contributed by atoms with Crippen LogP contribution in [0.3, 0.4) is 0 Å². The molecular weight excluding hydrogens is 400 g/mol. The summed E-state index contributed by atoms with van der Waals surface area (Å²) in [4.78, 5) is 37.2. The van der Waals surface area contributed by atoms with E-state index in [1.54, 1.807) is 23.4 Å². The number of carboxylic acid groups (broad SMARTS) is 1. The Hall–Kier alpha value is -2.00. The van der Waals surface area contributed by atoms with Crippen molar-refractivity contribution in [3.8, 4) is 0 Å². The van der Waals surface area contributed by atoms with Crippen LogP contribution in [-0.2, 0) is 9.22 Å². The summed E-state index contributed by atoms with van der Waals surface area (Å²) in [7, 11) is -2.11. The van der Waals surface area contributed by atoms with Crippen LogP contribution in [0.2, 0.25) is 18.1 Å². The molecule has 2 aliphatic heterocycles. The maximum absolute atomic E-state index is 13.5. The maximum Gasteiger partial charge on any atom is 0.408 e. The van der Waals surface area contributed by atoms with Crippen LogP contribution in [0.1, 0.15) is 59.3 Å². The smallest absolute Gasteiger partial charge is 0.408 e. The molecule has 0 aliphatic carbocycles. The van der Waals surface area contributed by atoms with E-state index in [2.05, 4.69) is 43.8 Å². The minimum absolute atomic E-state index is 0.0146. The maximum atomic E-state index is 13.5. The minimum atomic E-state index is -2.11. The number of aromatic nitrogens is 2. The van der Waals surface area contributed by atoms with Gasteiger partial charge in [-0.25, -0.2) is 14.8 Å². The molecular formula is C21H34N4O4Si. The van der Waals surface area contributed by atoms with Gasteiger partial charge >= 0.3 is 6.09 Å². The Bertz CT molecular complexity index is 813. The topological polar surface area (TPSA) is 95.9 Å². The number of carbonyl (C=O) groups excluding carboxylic acids is 1. The molecule has 3 rings (SSSR count). The first-order chi connectivity index (χ1) is 13.8. The lowest BCUT2D eigenvalue weighted by molar-refractivity contribution is -0.180. The second-order valence-electron chi connectivity index (χ2n) is 9.99. The van der Waals surface area contributed by atoms with Crippen molar-refractivity contribution in [3.05, 3.63) is 24.3 Å². The molecule has 4 atom stereocenters. The lowest BCUT2D eigenvalue weighted by Crippen LogP contribution is -2.79. The van der Waals surface area contributed by atoms with Crippen molar-refractivity contribution in [2.24, 2.45) is 0 Å². The van der Waals surface area contributed by atoms with E-state index >= 15 is 0 Å². The standard InChI is InChI=1S/C21H34N4O4Si/c1-14(29-30(6,7)20(3,4)5)16(17-22-11-9-12-23-17)25-15(2)21(18(25)26)10-8-13-24(21)19(27)28/h9,11-12,14-16H,8,10,13H2,1-7H3,(H,27,28). The molecule has 0 bridgehead atoms. The van der Waals surface area contributed by atoms with Gasteiger partial charge in [0.15, 0.2) is 14.1 Å². The molecule has 166 valence electrons. The second kappa shape index (κ2) is 7.60. The van der Waals surface area contributed by atoms with E-state index in [0.29, 0.717) is 25.2 Å². The molecule has 1 aromatic rings. The number of likely N-dealkylation sites (tertiary alicyclic amines) is 2. The van der Waals surface area contributed by atoms with Gasteiger partial charge in [-0.2, -0.15) is 0 Å². The molecule has 1 N–H and O–H groups in total. The Morgan fingerprint density at radius 3 is 2.43 bits per heavy atom. The lowest BCUT2D eigenvalue weighted by atomic mass is 9.75. The van der Waals surface area contributed by atoms with Gasteiger partial charge in [-0.1, -0.05) is 20.8 Å². The Morgan fingerprint density at radius 1 is 1.33 bits per heavy atom. The fraction of sp³-hybridized carbons (Fsp3) is 0.714. The first-order valence-corrected chi connectivity index (χ1v) is 13.5. The molecule has 0 aromatic carbocycles. The van der Waals surface area contributed by atoms with Gasteiger partial charge in [-0.05, 0) is 50.9 Å². The average Bonchev–Trinajstić information content (AvgIpc) is 3.12. The number of β-lactam (4-membered cyclic amide) rings is 1. The molecule has 9 heteroatoms. The van der Waals surface area contributed by atoms with E-state index in [4.69, 9.17) is 4.43 Å². The van der Waals surface area contributed by atoms with Crippen molar-refractivity contribution in [2.45, 2.75) is 89.3 Å². The van der Waals surface area contributed by atoms with Crippen molar-refractivity contribution in [1.29, 1.82) is 0 Å². The van der Waals surface area contributed by atoms with E-state index in [1.165, 1.54) is 4.90 Å². The third kappa shape index (κ3) is 3.41. The van der Waals surface area contributed by atoms with Crippen molar-refractivity contribution >= 4 is 20.3 Å². The summed E-state index contributed by atoms with van der Waals surface area (Å²) < 4.78 is 6.63. The summed E-state index contributed by atoms with van der Waals surface area (Å²) in [6, 6.07) is 0.999. The zero-order valence-corrected chi connectivity index (χ0v) is 20.0. The Balaban J connectivity index is 1.95. The van der Waals surface area contributed by atoms with Crippen molar-refractivity contribution in [2.75, 3.05) is 6.54 Å². The van der Waals surface area contributed by atoms with Crippen LogP contribution in [0.25, 0.3) is 0 Å². The molecule has 2 amide bonds. The number of hydrogen-bond donors (Lipinski definition) is 1. The van der Waals surface area contributed by atoms with Gasteiger partial charge in [0.1, 0.15) is 11.6 Å². The lowest BCUT2D eigenvalue weighted by Gasteiger charge is -2.59. The molecule has 3 heterocycles. The van der Waals surface area contributed by atoms with Crippen molar-refractivity contribution < 1.29 is 19.1 Å². The number of nitrogens with zero attached hydrogens (tertiary/aromatic N) is 4. The van der Waals surface area contributed by atoms with Crippen LogP contribution < -0.4 is 0 Å². The molecule has 4 unspecified atom stereocenters. The Morgan fingerprint density at radius 2 is 1.93 bits per heavy atom. The number of rotatable bonds is 5. The minimum Gasteiger partial charge on any atom is -0.465 e. The largest absolute Gasteiger partial charge is 0.465 e. The number of amides is 2. The average molecular weight is 435 g/mol. The quantitative estimate of drug-likeness (QED) is 0.561. The Labute approximate surface area is 179 Å². The van der Waals surface area contributed by atoms with Crippen molar-refractivity contribution in [1.82, 2.24) is 19.8 Å². The predicted octanol–water partition coefficient (Wildman–Crippen LogP) is 3.67. The van der Waals surface area contributed by atoms with Crippen LogP contribution in [0.5, 0.6) is 0 Å². The van der Waals surface area contributed by atoms with Gasteiger partial charge in [-0.3, -0.25) is 9.69 Å². The fourth-order valence-corrected chi connectivity index (χ4v) is 6.02. The van der Waals surface area contributed by atoms with E-state index in [0.717, 1.165) is 0 Å². The van der Waals surface area contributed by atoms with Gasteiger partial charge in [-0.15, -0.1) is 0 Å². The van der Waals surface area contributed by atoms with Gasteiger partial charge in [0.05, 0.1) is 12.1 Å². The molecule has 2 aliphatic rings. The highest BCUT2D eigenvalue weighted by molar-refractivity contribution is 6.74. The zero-order valence-electron chi connectivity index (χ0n) is 19.0.